The van der Waals surface area contributed by atoms with Crippen LogP contribution in [0.3, 0.4) is 0 Å². The van der Waals surface area contributed by atoms with Crippen molar-refractivity contribution in [3.63, 3.8) is 0 Å². The number of allylic oxidation sites excluding steroid dienone is 2. The van der Waals surface area contributed by atoms with Crippen molar-refractivity contribution < 1.29 is 18.8 Å². The maximum absolute atomic E-state index is 12.5. The van der Waals surface area contributed by atoms with Crippen LogP contribution in [0.1, 0.15) is 5.76 Å². The molecule has 120 valence electrons. The number of imide groups is 2. The number of amides is 4. The van der Waals surface area contributed by atoms with Gasteiger partial charge in [0.1, 0.15) is 11.3 Å². The summed E-state index contributed by atoms with van der Waals surface area (Å²) in [5.41, 5.74) is 0.155. The molecule has 1 aromatic heterocycles. The van der Waals surface area contributed by atoms with Gasteiger partial charge in [0.15, 0.2) is 0 Å². The number of furan rings is 1. The van der Waals surface area contributed by atoms with Gasteiger partial charge in [-0.2, -0.15) is 0 Å². The second-order valence-corrected chi connectivity index (χ2v) is 5.27. The molecule has 1 N–H and O–H groups in total. The fourth-order valence-corrected chi connectivity index (χ4v) is 2.25. The van der Waals surface area contributed by atoms with E-state index in [1.807, 2.05) is 0 Å². The molecule has 2 aromatic rings. The zero-order valence-corrected chi connectivity index (χ0v) is 13.0. The average Bonchev–Trinajstić information content (AvgIpc) is 3.05. The van der Waals surface area contributed by atoms with Crippen molar-refractivity contribution in [3.05, 3.63) is 71.2 Å². The summed E-state index contributed by atoms with van der Waals surface area (Å²) in [6, 6.07) is 8.77. The third-order valence-corrected chi connectivity index (χ3v) is 3.51. The van der Waals surface area contributed by atoms with E-state index in [1.165, 1.54) is 30.5 Å². The van der Waals surface area contributed by atoms with Crippen molar-refractivity contribution >= 4 is 41.2 Å². The Morgan fingerprint density at radius 3 is 2.50 bits per heavy atom. The number of carbonyl (C=O) groups excluding carboxylic acids is 3. The van der Waals surface area contributed by atoms with Crippen LogP contribution in [-0.4, -0.2) is 17.8 Å². The highest BCUT2D eigenvalue weighted by Gasteiger charge is 2.36. The molecule has 0 saturated carbocycles. The largest absolute Gasteiger partial charge is 0.465 e. The monoisotopic (exact) mass is 342 g/mol. The van der Waals surface area contributed by atoms with Crippen molar-refractivity contribution in [2.75, 3.05) is 4.90 Å². The van der Waals surface area contributed by atoms with Crippen molar-refractivity contribution in [1.82, 2.24) is 5.32 Å². The molecule has 0 aliphatic carbocycles. The molecule has 2 heterocycles. The molecule has 0 atom stereocenters. The minimum Gasteiger partial charge on any atom is -0.465 e. The fourth-order valence-electron chi connectivity index (χ4n) is 2.13. The second-order valence-electron chi connectivity index (χ2n) is 4.83. The second kappa shape index (κ2) is 6.55. The molecule has 7 heteroatoms. The van der Waals surface area contributed by atoms with E-state index in [-0.39, 0.29) is 5.57 Å². The van der Waals surface area contributed by atoms with Crippen LogP contribution >= 0.6 is 11.6 Å². The van der Waals surface area contributed by atoms with E-state index in [0.29, 0.717) is 16.5 Å². The van der Waals surface area contributed by atoms with Crippen LogP contribution in [-0.2, 0) is 9.59 Å². The van der Waals surface area contributed by atoms with E-state index in [1.54, 1.807) is 30.3 Å². The smallest absolute Gasteiger partial charge is 0.335 e. The first-order valence-electron chi connectivity index (χ1n) is 6.93. The molecule has 1 aromatic carbocycles. The maximum Gasteiger partial charge on any atom is 0.335 e. The topological polar surface area (TPSA) is 79.6 Å². The Labute approximate surface area is 142 Å². The van der Waals surface area contributed by atoms with Gasteiger partial charge in [0, 0.05) is 5.02 Å². The maximum atomic E-state index is 12.5. The molecule has 6 nitrogen and oxygen atoms in total. The summed E-state index contributed by atoms with van der Waals surface area (Å²) in [4.78, 5) is 37.3. The first-order chi connectivity index (χ1) is 11.6. The van der Waals surface area contributed by atoms with E-state index >= 15 is 0 Å². The minimum absolute atomic E-state index is 0.160. The Balaban J connectivity index is 1.89. The van der Waals surface area contributed by atoms with Gasteiger partial charge in [-0.05, 0) is 48.6 Å². The lowest BCUT2D eigenvalue weighted by atomic mass is 10.1. The number of halogens is 1. The van der Waals surface area contributed by atoms with Gasteiger partial charge < -0.3 is 4.42 Å². The predicted octanol–water partition coefficient (Wildman–Crippen LogP) is 3.16. The number of hydrogen-bond donors (Lipinski definition) is 1. The molecule has 3 rings (SSSR count). The molecule has 0 unspecified atom stereocenters. The highest BCUT2D eigenvalue weighted by Crippen LogP contribution is 2.22. The lowest BCUT2D eigenvalue weighted by Gasteiger charge is -2.26. The fraction of sp³-hybridized carbons (Fsp3) is 0. The number of carbonyl (C=O) groups is 3. The molecule has 1 aliphatic heterocycles. The van der Waals surface area contributed by atoms with Crippen LogP contribution in [0.15, 0.2) is 64.8 Å². The summed E-state index contributed by atoms with van der Waals surface area (Å²) in [6.07, 6.45) is 5.93. The van der Waals surface area contributed by atoms with Crippen molar-refractivity contribution in [2.45, 2.75) is 0 Å². The van der Waals surface area contributed by atoms with Crippen LogP contribution in [0.2, 0.25) is 5.02 Å². The Morgan fingerprint density at radius 1 is 1.08 bits per heavy atom. The SMILES string of the molecule is O=C1NC(=O)N(c2ccc(Cl)cc2)C(=O)/C1=C/C=C/c1ccco1. The van der Waals surface area contributed by atoms with E-state index in [0.717, 1.165) is 4.90 Å². The van der Waals surface area contributed by atoms with Gasteiger partial charge >= 0.3 is 6.03 Å². The quantitative estimate of drug-likeness (QED) is 0.686. The summed E-state index contributed by atoms with van der Waals surface area (Å²) in [5, 5.41) is 2.60. The number of barbiturate groups is 1. The molecular weight excluding hydrogens is 332 g/mol. The first-order valence-corrected chi connectivity index (χ1v) is 7.31. The first kappa shape index (κ1) is 15.8. The number of hydrogen-bond acceptors (Lipinski definition) is 4. The van der Waals surface area contributed by atoms with E-state index in [2.05, 4.69) is 5.32 Å². The van der Waals surface area contributed by atoms with Crippen LogP contribution in [0, 0.1) is 0 Å². The molecule has 0 spiro atoms. The molecule has 0 bridgehead atoms. The van der Waals surface area contributed by atoms with Gasteiger partial charge in [-0.15, -0.1) is 0 Å². The van der Waals surface area contributed by atoms with E-state index < -0.39 is 17.8 Å². The number of rotatable bonds is 3. The van der Waals surface area contributed by atoms with Crippen molar-refractivity contribution in [2.24, 2.45) is 0 Å². The van der Waals surface area contributed by atoms with Gasteiger partial charge in [-0.1, -0.05) is 17.7 Å². The van der Waals surface area contributed by atoms with E-state index in [4.69, 9.17) is 16.0 Å². The standard InChI is InChI=1S/C17H11ClN2O4/c18-11-6-8-12(9-7-11)20-16(22)14(15(21)19-17(20)23)5-1-3-13-4-2-10-24-13/h1-10H,(H,19,21,23)/b3-1+,14-5+. The Bertz CT molecular complexity index is 851. The number of nitrogens with zero attached hydrogens (tertiary/aromatic N) is 1. The number of urea groups is 1. The third kappa shape index (κ3) is 3.13. The summed E-state index contributed by atoms with van der Waals surface area (Å²) in [6.45, 7) is 0. The number of benzene rings is 1. The Kier molecular flexibility index (Phi) is 4.31. The number of nitrogens with one attached hydrogen (secondary N) is 1. The highest BCUT2D eigenvalue weighted by atomic mass is 35.5. The summed E-state index contributed by atoms with van der Waals surface area (Å²) < 4.78 is 5.12. The number of anilines is 1. The summed E-state index contributed by atoms with van der Waals surface area (Å²) in [7, 11) is 0. The summed E-state index contributed by atoms with van der Waals surface area (Å²) >= 11 is 5.81. The van der Waals surface area contributed by atoms with E-state index in [9.17, 15) is 14.4 Å². The van der Waals surface area contributed by atoms with Crippen LogP contribution in [0.25, 0.3) is 6.08 Å². The lowest BCUT2D eigenvalue weighted by Crippen LogP contribution is -2.54. The third-order valence-electron chi connectivity index (χ3n) is 3.25. The molecule has 4 amide bonds. The highest BCUT2D eigenvalue weighted by molar-refractivity contribution is 6.37. The van der Waals surface area contributed by atoms with Crippen molar-refractivity contribution in [3.8, 4) is 0 Å². The zero-order valence-electron chi connectivity index (χ0n) is 12.2. The Hall–Kier alpha value is -3.12. The summed E-state index contributed by atoms with van der Waals surface area (Å²) in [5.74, 6) is -0.893. The molecule has 0 radical (unpaired) electrons. The van der Waals surface area contributed by atoms with Crippen LogP contribution in [0.5, 0.6) is 0 Å². The molecule has 1 aliphatic rings. The van der Waals surface area contributed by atoms with Gasteiger partial charge in [-0.25, -0.2) is 9.69 Å². The lowest BCUT2D eigenvalue weighted by molar-refractivity contribution is -0.122. The van der Waals surface area contributed by atoms with Gasteiger partial charge in [-0.3, -0.25) is 14.9 Å². The molecule has 1 fully saturated rings. The predicted molar refractivity (Wildman–Crippen MR) is 88.3 cm³/mol. The van der Waals surface area contributed by atoms with Gasteiger partial charge in [0.05, 0.1) is 12.0 Å². The van der Waals surface area contributed by atoms with Gasteiger partial charge in [0.25, 0.3) is 11.8 Å². The zero-order chi connectivity index (χ0) is 17.1. The molecular formula is C17H11ClN2O4. The molecule has 24 heavy (non-hydrogen) atoms. The molecule has 1 saturated heterocycles. The van der Waals surface area contributed by atoms with Crippen LogP contribution in [0.4, 0.5) is 10.5 Å². The minimum atomic E-state index is -0.806. The van der Waals surface area contributed by atoms with Crippen LogP contribution < -0.4 is 10.2 Å². The van der Waals surface area contributed by atoms with Gasteiger partial charge in [0.2, 0.25) is 0 Å². The Morgan fingerprint density at radius 2 is 1.83 bits per heavy atom. The normalized spacial score (nSPS) is 17.0. The average molecular weight is 343 g/mol. The van der Waals surface area contributed by atoms with Crippen molar-refractivity contribution in [1.29, 1.82) is 0 Å².